The first kappa shape index (κ1) is 15.9. The highest BCUT2D eigenvalue weighted by Crippen LogP contribution is 2.22. The van der Waals surface area contributed by atoms with Gasteiger partial charge in [0.05, 0.1) is 0 Å². The Kier molecular flexibility index (Phi) is 4.35. The van der Waals surface area contributed by atoms with Gasteiger partial charge in [-0.2, -0.15) is 0 Å². The van der Waals surface area contributed by atoms with E-state index in [0.29, 0.717) is 11.4 Å². The molecule has 0 aliphatic rings. The normalized spacial score (nSPS) is 10.6. The highest BCUT2D eigenvalue weighted by Gasteiger charge is 2.12. The van der Waals surface area contributed by atoms with Crippen molar-refractivity contribution in [2.45, 2.75) is 6.61 Å². The minimum atomic E-state index is -0.312. The summed E-state index contributed by atoms with van der Waals surface area (Å²) in [5, 5.41) is 5.02. The molecule has 0 spiro atoms. The number of carbonyl (C=O) groups is 1. The van der Waals surface area contributed by atoms with E-state index in [1.807, 2.05) is 36.4 Å². The van der Waals surface area contributed by atoms with Crippen LogP contribution >= 0.6 is 0 Å². The van der Waals surface area contributed by atoms with Crippen LogP contribution in [0.5, 0.6) is 5.75 Å². The lowest BCUT2D eigenvalue weighted by molar-refractivity contribution is 0.0992. The number of benzene rings is 2. The average molecular weight is 344 g/mol. The van der Waals surface area contributed by atoms with Crippen molar-refractivity contribution >= 4 is 22.4 Å². The summed E-state index contributed by atoms with van der Waals surface area (Å²) in [6.07, 6.45) is 3.22. The van der Waals surface area contributed by atoms with Gasteiger partial charge < -0.3 is 14.5 Å². The van der Waals surface area contributed by atoms with Crippen LogP contribution in [0.1, 0.15) is 16.3 Å². The SMILES string of the molecule is O=C(Nc1ccncc1)c1ccc(COc2ccc3ccccc3c2)o1. The summed E-state index contributed by atoms with van der Waals surface area (Å²) in [4.78, 5) is 16.1. The van der Waals surface area contributed by atoms with E-state index in [4.69, 9.17) is 9.15 Å². The van der Waals surface area contributed by atoms with Gasteiger partial charge in [-0.25, -0.2) is 0 Å². The number of hydrogen-bond acceptors (Lipinski definition) is 4. The Morgan fingerprint density at radius 2 is 1.77 bits per heavy atom. The molecule has 5 nitrogen and oxygen atoms in total. The molecule has 4 rings (SSSR count). The first-order chi connectivity index (χ1) is 12.8. The van der Waals surface area contributed by atoms with Crippen molar-refractivity contribution < 1.29 is 13.9 Å². The third-order valence-corrected chi connectivity index (χ3v) is 3.93. The number of ether oxygens (including phenoxy) is 1. The van der Waals surface area contributed by atoms with Crippen molar-refractivity contribution in [3.05, 3.63) is 90.6 Å². The van der Waals surface area contributed by atoms with Crippen LogP contribution in [-0.4, -0.2) is 10.9 Å². The molecule has 128 valence electrons. The van der Waals surface area contributed by atoms with Crippen LogP contribution in [0.2, 0.25) is 0 Å². The standard InChI is InChI=1S/C21H16N2O3/c24-21(23-17-9-11-22-12-10-17)20-8-7-19(26-20)14-25-18-6-5-15-3-1-2-4-16(15)13-18/h1-13H,14H2,(H,22,23,24). The Morgan fingerprint density at radius 1 is 0.962 bits per heavy atom. The second kappa shape index (κ2) is 7.11. The molecule has 0 aliphatic heterocycles. The largest absolute Gasteiger partial charge is 0.486 e. The maximum atomic E-state index is 12.2. The van der Waals surface area contributed by atoms with Crippen molar-refractivity contribution in [1.29, 1.82) is 0 Å². The van der Waals surface area contributed by atoms with E-state index in [-0.39, 0.29) is 18.3 Å². The van der Waals surface area contributed by atoms with E-state index in [1.165, 1.54) is 0 Å². The second-order valence-electron chi connectivity index (χ2n) is 5.75. The number of carbonyl (C=O) groups excluding carboxylic acids is 1. The van der Waals surface area contributed by atoms with E-state index in [2.05, 4.69) is 16.4 Å². The fourth-order valence-electron chi connectivity index (χ4n) is 2.62. The molecule has 1 N–H and O–H groups in total. The van der Waals surface area contributed by atoms with E-state index in [0.717, 1.165) is 16.5 Å². The van der Waals surface area contributed by atoms with Crippen LogP contribution in [0.25, 0.3) is 10.8 Å². The Balaban J connectivity index is 1.40. The van der Waals surface area contributed by atoms with Gasteiger partial charge in [0.15, 0.2) is 5.76 Å². The second-order valence-corrected chi connectivity index (χ2v) is 5.75. The molecular formula is C21H16N2O3. The number of furan rings is 1. The molecule has 0 saturated heterocycles. The van der Waals surface area contributed by atoms with Gasteiger partial charge in [0, 0.05) is 18.1 Å². The number of hydrogen-bond donors (Lipinski definition) is 1. The van der Waals surface area contributed by atoms with Gasteiger partial charge in [0.2, 0.25) is 0 Å². The number of nitrogens with zero attached hydrogens (tertiary/aromatic N) is 1. The van der Waals surface area contributed by atoms with E-state index < -0.39 is 0 Å². The fraction of sp³-hybridized carbons (Fsp3) is 0.0476. The monoisotopic (exact) mass is 344 g/mol. The molecule has 26 heavy (non-hydrogen) atoms. The first-order valence-corrected chi connectivity index (χ1v) is 8.20. The molecule has 2 aromatic heterocycles. The van der Waals surface area contributed by atoms with Gasteiger partial charge >= 0.3 is 0 Å². The molecule has 2 aromatic carbocycles. The van der Waals surface area contributed by atoms with Gasteiger partial charge in [-0.1, -0.05) is 30.3 Å². The van der Waals surface area contributed by atoms with Crippen LogP contribution in [0.15, 0.2) is 83.5 Å². The Hall–Kier alpha value is -3.60. The molecule has 2 heterocycles. The molecule has 0 bridgehead atoms. The quantitative estimate of drug-likeness (QED) is 0.572. The third kappa shape index (κ3) is 3.57. The van der Waals surface area contributed by atoms with Crippen molar-refractivity contribution in [2.75, 3.05) is 5.32 Å². The van der Waals surface area contributed by atoms with E-state index >= 15 is 0 Å². The summed E-state index contributed by atoms with van der Waals surface area (Å²) in [5.74, 6) is 1.26. The van der Waals surface area contributed by atoms with Gasteiger partial charge in [0.25, 0.3) is 5.91 Å². The van der Waals surface area contributed by atoms with Gasteiger partial charge in [-0.05, 0) is 47.2 Å². The summed E-state index contributed by atoms with van der Waals surface area (Å²) >= 11 is 0. The topological polar surface area (TPSA) is 64.4 Å². The zero-order chi connectivity index (χ0) is 17.8. The Morgan fingerprint density at radius 3 is 2.62 bits per heavy atom. The third-order valence-electron chi connectivity index (χ3n) is 3.93. The van der Waals surface area contributed by atoms with Crippen LogP contribution in [-0.2, 0) is 6.61 Å². The smallest absolute Gasteiger partial charge is 0.291 e. The van der Waals surface area contributed by atoms with E-state index in [1.54, 1.807) is 36.7 Å². The number of pyridine rings is 1. The number of fused-ring (bicyclic) bond motifs is 1. The summed E-state index contributed by atoms with van der Waals surface area (Å²) in [6, 6.07) is 20.8. The Bertz CT molecular complexity index is 1040. The molecule has 1 amide bonds. The summed E-state index contributed by atoms with van der Waals surface area (Å²) in [7, 11) is 0. The molecule has 0 fully saturated rings. The molecule has 5 heteroatoms. The predicted molar refractivity (Wildman–Crippen MR) is 99.2 cm³/mol. The van der Waals surface area contributed by atoms with Crippen molar-refractivity contribution in [1.82, 2.24) is 4.98 Å². The molecule has 0 unspecified atom stereocenters. The average Bonchev–Trinajstić information content (AvgIpc) is 3.16. The Labute approximate surface area is 150 Å². The fourth-order valence-corrected chi connectivity index (χ4v) is 2.62. The number of rotatable bonds is 5. The van der Waals surface area contributed by atoms with Crippen LogP contribution < -0.4 is 10.1 Å². The van der Waals surface area contributed by atoms with Crippen molar-refractivity contribution in [2.24, 2.45) is 0 Å². The maximum absolute atomic E-state index is 12.2. The zero-order valence-corrected chi connectivity index (χ0v) is 13.9. The van der Waals surface area contributed by atoms with Crippen LogP contribution in [0.4, 0.5) is 5.69 Å². The first-order valence-electron chi connectivity index (χ1n) is 8.20. The number of nitrogens with one attached hydrogen (secondary N) is 1. The van der Waals surface area contributed by atoms with Crippen LogP contribution in [0.3, 0.4) is 0 Å². The summed E-state index contributed by atoms with van der Waals surface area (Å²) < 4.78 is 11.4. The number of amides is 1. The van der Waals surface area contributed by atoms with Crippen molar-refractivity contribution in [3.8, 4) is 5.75 Å². The lowest BCUT2D eigenvalue weighted by Crippen LogP contribution is -2.10. The molecule has 0 radical (unpaired) electrons. The van der Waals surface area contributed by atoms with E-state index in [9.17, 15) is 4.79 Å². The lowest BCUT2D eigenvalue weighted by Gasteiger charge is -2.06. The number of anilines is 1. The minimum Gasteiger partial charge on any atom is -0.486 e. The predicted octanol–water partition coefficient (Wildman–Crippen LogP) is 4.66. The molecule has 4 aromatic rings. The maximum Gasteiger partial charge on any atom is 0.291 e. The number of aromatic nitrogens is 1. The zero-order valence-electron chi connectivity index (χ0n) is 13.9. The summed E-state index contributed by atoms with van der Waals surface area (Å²) in [5.41, 5.74) is 0.662. The van der Waals surface area contributed by atoms with Crippen molar-refractivity contribution in [3.63, 3.8) is 0 Å². The van der Waals surface area contributed by atoms with Gasteiger partial charge in [0.1, 0.15) is 18.1 Å². The molecule has 0 atom stereocenters. The molecule has 0 aliphatic carbocycles. The molecular weight excluding hydrogens is 328 g/mol. The summed E-state index contributed by atoms with van der Waals surface area (Å²) in [6.45, 7) is 0.251. The highest BCUT2D eigenvalue weighted by atomic mass is 16.5. The minimum absolute atomic E-state index is 0.235. The molecule has 0 saturated carbocycles. The van der Waals surface area contributed by atoms with Gasteiger partial charge in [-0.3, -0.25) is 9.78 Å². The lowest BCUT2D eigenvalue weighted by atomic mass is 10.1. The van der Waals surface area contributed by atoms with Crippen LogP contribution in [0, 0.1) is 0 Å². The van der Waals surface area contributed by atoms with Gasteiger partial charge in [-0.15, -0.1) is 0 Å². The highest BCUT2D eigenvalue weighted by molar-refractivity contribution is 6.02.